The lowest BCUT2D eigenvalue weighted by atomic mass is 9.76. The Morgan fingerprint density at radius 2 is 2.24 bits per heavy atom. The molecule has 114 valence electrons. The molecule has 0 saturated heterocycles. The number of nitrogens with one attached hydrogen (secondary N) is 2. The van der Waals surface area contributed by atoms with E-state index in [4.69, 9.17) is 0 Å². The monoisotopic (exact) mass is 291 g/mol. The van der Waals surface area contributed by atoms with E-state index >= 15 is 0 Å². The first kappa shape index (κ1) is 15.3. The van der Waals surface area contributed by atoms with E-state index in [1.807, 2.05) is 6.92 Å². The molecule has 3 N–H and O–H groups in total. The van der Waals surface area contributed by atoms with Crippen LogP contribution in [0.5, 0.6) is 0 Å². The minimum Gasteiger partial charge on any atom is -0.480 e. The molecule has 2 amide bonds. The minimum atomic E-state index is -1.17. The molecule has 0 aliphatic heterocycles. The van der Waals surface area contributed by atoms with E-state index < -0.39 is 17.5 Å². The summed E-state index contributed by atoms with van der Waals surface area (Å²) >= 11 is 0. The lowest BCUT2D eigenvalue weighted by molar-refractivity contribution is -0.146. The number of aliphatic carboxylic acids is 1. The highest BCUT2D eigenvalue weighted by molar-refractivity contribution is 5.94. The number of hydrogen-bond donors (Lipinski definition) is 3. The molecule has 0 radical (unpaired) electrons. The predicted molar refractivity (Wildman–Crippen MR) is 79.1 cm³/mol. The third kappa shape index (κ3) is 3.51. The summed E-state index contributed by atoms with van der Waals surface area (Å²) in [5, 5.41) is 14.9. The van der Waals surface area contributed by atoms with Gasteiger partial charge in [0.2, 0.25) is 0 Å². The summed E-state index contributed by atoms with van der Waals surface area (Å²) in [6, 6.07) is 2.96. The largest absolute Gasteiger partial charge is 0.480 e. The highest BCUT2D eigenvalue weighted by Crippen LogP contribution is 2.32. The van der Waals surface area contributed by atoms with Crippen LogP contribution >= 0.6 is 0 Å². The van der Waals surface area contributed by atoms with Crippen molar-refractivity contribution in [2.24, 2.45) is 5.92 Å². The molecule has 0 spiro atoms. The quantitative estimate of drug-likeness (QED) is 0.798. The summed E-state index contributed by atoms with van der Waals surface area (Å²) in [5.41, 5.74) is 0.103. The molecular weight excluding hydrogens is 270 g/mol. The third-order valence-electron chi connectivity index (χ3n) is 4.01. The van der Waals surface area contributed by atoms with E-state index in [0.717, 1.165) is 12.8 Å². The fourth-order valence-corrected chi connectivity index (χ4v) is 2.90. The molecule has 1 aliphatic carbocycles. The number of carbonyl (C=O) groups is 2. The van der Waals surface area contributed by atoms with Crippen LogP contribution in [-0.4, -0.2) is 27.6 Å². The molecule has 21 heavy (non-hydrogen) atoms. The number of aromatic nitrogens is 1. The van der Waals surface area contributed by atoms with Gasteiger partial charge in [0.05, 0.1) is 11.4 Å². The molecular formula is C15H21N3O3. The molecule has 1 fully saturated rings. The van der Waals surface area contributed by atoms with Gasteiger partial charge in [0.15, 0.2) is 0 Å². The van der Waals surface area contributed by atoms with Crippen molar-refractivity contribution in [1.82, 2.24) is 10.3 Å². The number of nitrogens with zero attached hydrogens (tertiary/aromatic N) is 1. The number of aryl methyl sites for hydroxylation is 1. The first-order valence-corrected chi connectivity index (χ1v) is 7.17. The van der Waals surface area contributed by atoms with Gasteiger partial charge in [0, 0.05) is 6.20 Å². The van der Waals surface area contributed by atoms with Gasteiger partial charge in [-0.25, -0.2) is 9.59 Å². The third-order valence-corrected chi connectivity index (χ3v) is 4.01. The van der Waals surface area contributed by atoms with Crippen LogP contribution in [0.2, 0.25) is 0 Å². The molecule has 1 aromatic heterocycles. The Bertz CT molecular complexity index is 547. The molecule has 1 aromatic rings. The van der Waals surface area contributed by atoms with Crippen LogP contribution in [0.4, 0.5) is 10.5 Å². The van der Waals surface area contributed by atoms with Gasteiger partial charge in [-0.15, -0.1) is 0 Å². The normalized spacial score (nSPS) is 25.1. The number of carbonyl (C=O) groups excluding carboxylic acids is 1. The van der Waals surface area contributed by atoms with Crippen LogP contribution < -0.4 is 10.6 Å². The van der Waals surface area contributed by atoms with E-state index in [-0.39, 0.29) is 5.92 Å². The van der Waals surface area contributed by atoms with Crippen molar-refractivity contribution < 1.29 is 14.7 Å². The highest BCUT2D eigenvalue weighted by atomic mass is 16.4. The minimum absolute atomic E-state index is 0.287. The van der Waals surface area contributed by atoms with E-state index in [1.54, 1.807) is 25.3 Å². The second-order valence-electron chi connectivity index (χ2n) is 5.80. The maximum absolute atomic E-state index is 12.1. The summed E-state index contributed by atoms with van der Waals surface area (Å²) in [4.78, 5) is 27.8. The molecule has 2 atom stereocenters. The van der Waals surface area contributed by atoms with Gasteiger partial charge in [-0.2, -0.15) is 0 Å². The SMILES string of the molecule is Cc1ncccc1NC(=O)NC1(C(=O)O)CCCC(C)C1. The lowest BCUT2D eigenvalue weighted by Gasteiger charge is -2.37. The average Bonchev–Trinajstić information content (AvgIpc) is 2.41. The second kappa shape index (κ2) is 6.11. The molecule has 0 bridgehead atoms. The topological polar surface area (TPSA) is 91.3 Å². The van der Waals surface area contributed by atoms with Crippen LogP contribution in [0.3, 0.4) is 0 Å². The van der Waals surface area contributed by atoms with Crippen LogP contribution in [0, 0.1) is 12.8 Å². The van der Waals surface area contributed by atoms with E-state index in [2.05, 4.69) is 15.6 Å². The zero-order chi connectivity index (χ0) is 15.5. The van der Waals surface area contributed by atoms with Gasteiger partial charge in [-0.3, -0.25) is 4.98 Å². The van der Waals surface area contributed by atoms with Gasteiger partial charge in [0.1, 0.15) is 5.54 Å². The van der Waals surface area contributed by atoms with Crippen molar-refractivity contribution in [3.63, 3.8) is 0 Å². The maximum Gasteiger partial charge on any atom is 0.329 e. The van der Waals surface area contributed by atoms with Crippen molar-refractivity contribution in [2.75, 3.05) is 5.32 Å². The summed E-state index contributed by atoms with van der Waals surface area (Å²) in [6.45, 7) is 3.80. The molecule has 6 nitrogen and oxygen atoms in total. The number of amides is 2. The zero-order valence-electron chi connectivity index (χ0n) is 12.3. The van der Waals surface area contributed by atoms with Crippen molar-refractivity contribution >= 4 is 17.7 Å². The summed E-state index contributed by atoms with van der Waals surface area (Å²) < 4.78 is 0. The van der Waals surface area contributed by atoms with Gasteiger partial charge in [-0.05, 0) is 37.8 Å². The van der Waals surface area contributed by atoms with Crippen LogP contribution in [0.25, 0.3) is 0 Å². The predicted octanol–water partition coefficient (Wildman–Crippen LogP) is 2.55. The maximum atomic E-state index is 12.1. The van der Waals surface area contributed by atoms with Crippen molar-refractivity contribution in [3.05, 3.63) is 24.0 Å². The summed E-state index contributed by atoms with van der Waals surface area (Å²) in [7, 11) is 0. The Morgan fingerprint density at radius 3 is 2.86 bits per heavy atom. The fourth-order valence-electron chi connectivity index (χ4n) is 2.90. The van der Waals surface area contributed by atoms with Crippen LogP contribution in [-0.2, 0) is 4.79 Å². The van der Waals surface area contributed by atoms with Crippen LogP contribution in [0.1, 0.15) is 38.3 Å². The number of urea groups is 1. The molecule has 6 heteroatoms. The number of carboxylic acids is 1. The molecule has 1 aliphatic rings. The Balaban J connectivity index is 2.09. The molecule has 0 aromatic carbocycles. The number of rotatable bonds is 3. The van der Waals surface area contributed by atoms with Crippen LogP contribution in [0.15, 0.2) is 18.3 Å². The van der Waals surface area contributed by atoms with Crippen molar-refractivity contribution in [1.29, 1.82) is 0 Å². The number of hydrogen-bond acceptors (Lipinski definition) is 3. The van der Waals surface area contributed by atoms with E-state index in [0.29, 0.717) is 24.2 Å². The smallest absolute Gasteiger partial charge is 0.329 e. The second-order valence-corrected chi connectivity index (χ2v) is 5.80. The van der Waals surface area contributed by atoms with Crippen molar-refractivity contribution in [2.45, 2.75) is 45.1 Å². The fraction of sp³-hybridized carbons (Fsp3) is 0.533. The highest BCUT2D eigenvalue weighted by Gasteiger charge is 2.43. The number of pyridine rings is 1. The zero-order valence-corrected chi connectivity index (χ0v) is 12.3. The Morgan fingerprint density at radius 1 is 1.48 bits per heavy atom. The van der Waals surface area contributed by atoms with Gasteiger partial charge in [-0.1, -0.05) is 19.8 Å². The molecule has 1 heterocycles. The number of anilines is 1. The van der Waals surface area contributed by atoms with Gasteiger partial charge in [0.25, 0.3) is 0 Å². The first-order valence-electron chi connectivity index (χ1n) is 7.17. The Labute approximate surface area is 124 Å². The summed E-state index contributed by atoms with van der Waals surface area (Å²) in [6.07, 6.45) is 4.37. The first-order chi connectivity index (χ1) is 9.93. The number of carboxylic acid groups (broad SMARTS) is 1. The summed E-state index contributed by atoms with van der Waals surface area (Å²) in [5.74, 6) is -0.678. The molecule has 2 rings (SSSR count). The standard InChI is InChI=1S/C15H21N3O3/c1-10-5-3-7-15(9-10,13(19)20)18-14(21)17-12-6-4-8-16-11(12)2/h4,6,8,10H,3,5,7,9H2,1-2H3,(H,19,20)(H2,17,18,21). The van der Waals surface area contributed by atoms with E-state index in [1.165, 1.54) is 0 Å². The average molecular weight is 291 g/mol. The van der Waals surface area contributed by atoms with Gasteiger partial charge < -0.3 is 15.7 Å². The molecule has 1 saturated carbocycles. The Kier molecular flexibility index (Phi) is 4.45. The molecule has 2 unspecified atom stereocenters. The van der Waals surface area contributed by atoms with E-state index in [9.17, 15) is 14.7 Å². The Hall–Kier alpha value is -2.11. The lowest BCUT2D eigenvalue weighted by Crippen LogP contribution is -2.57. The van der Waals surface area contributed by atoms with Crippen molar-refractivity contribution in [3.8, 4) is 0 Å². The van der Waals surface area contributed by atoms with Gasteiger partial charge >= 0.3 is 12.0 Å².